The van der Waals surface area contributed by atoms with Gasteiger partial charge in [-0.1, -0.05) is 32.1 Å². The summed E-state index contributed by atoms with van der Waals surface area (Å²) in [5, 5.41) is 0. The molecule has 0 aromatic carbocycles. The zero-order valence-corrected chi connectivity index (χ0v) is 9.60. The molecule has 0 saturated heterocycles. The van der Waals surface area contributed by atoms with Crippen LogP contribution in [0.3, 0.4) is 0 Å². The first-order valence-electron chi connectivity index (χ1n) is 6.13. The molecule has 3 N–H and O–H groups in total. The van der Waals surface area contributed by atoms with Crippen molar-refractivity contribution < 1.29 is 0 Å². The van der Waals surface area contributed by atoms with E-state index >= 15 is 0 Å². The molecular formula is C12H20N4. The van der Waals surface area contributed by atoms with E-state index in [0.29, 0.717) is 0 Å². The lowest BCUT2D eigenvalue weighted by atomic mass is 9.85. The third-order valence-electron chi connectivity index (χ3n) is 3.39. The molecule has 1 saturated carbocycles. The lowest BCUT2D eigenvalue weighted by molar-refractivity contribution is 0.296. The Bertz CT molecular complexity index is 295. The zero-order valence-electron chi connectivity index (χ0n) is 9.60. The van der Waals surface area contributed by atoms with Gasteiger partial charge in [-0.05, 0) is 18.4 Å². The number of hydrogen-bond acceptors (Lipinski definition) is 4. The Morgan fingerprint density at radius 1 is 1.25 bits per heavy atom. The van der Waals surface area contributed by atoms with Gasteiger partial charge in [0.2, 0.25) is 0 Å². The van der Waals surface area contributed by atoms with Crippen LogP contribution in [0.5, 0.6) is 0 Å². The molecule has 1 heterocycles. The molecule has 1 atom stereocenters. The van der Waals surface area contributed by atoms with Crippen LogP contribution >= 0.6 is 0 Å². The molecule has 4 nitrogen and oxygen atoms in total. The SMILES string of the molecule is NNC(CC1CCCCC1)c1ncccn1. The molecule has 16 heavy (non-hydrogen) atoms. The van der Waals surface area contributed by atoms with Crippen molar-refractivity contribution in [1.82, 2.24) is 15.4 Å². The van der Waals surface area contributed by atoms with E-state index in [4.69, 9.17) is 5.84 Å². The van der Waals surface area contributed by atoms with Crippen molar-refractivity contribution in [2.75, 3.05) is 0 Å². The summed E-state index contributed by atoms with van der Waals surface area (Å²) in [6.45, 7) is 0. The lowest BCUT2D eigenvalue weighted by Crippen LogP contribution is -2.31. The Labute approximate surface area is 96.6 Å². The molecule has 0 aliphatic heterocycles. The van der Waals surface area contributed by atoms with Crippen molar-refractivity contribution >= 4 is 0 Å². The van der Waals surface area contributed by atoms with Crippen molar-refractivity contribution in [2.24, 2.45) is 11.8 Å². The highest BCUT2D eigenvalue weighted by molar-refractivity contribution is 4.96. The Hall–Kier alpha value is -1.00. The van der Waals surface area contributed by atoms with E-state index in [1.54, 1.807) is 12.4 Å². The molecule has 0 radical (unpaired) electrons. The summed E-state index contributed by atoms with van der Waals surface area (Å²) >= 11 is 0. The Balaban J connectivity index is 1.94. The van der Waals surface area contributed by atoms with Crippen LogP contribution in [0.1, 0.15) is 50.4 Å². The minimum atomic E-state index is 0.101. The van der Waals surface area contributed by atoms with Crippen LogP contribution in [0.2, 0.25) is 0 Å². The molecule has 88 valence electrons. The molecule has 2 rings (SSSR count). The maximum Gasteiger partial charge on any atom is 0.146 e. The Morgan fingerprint density at radius 2 is 1.94 bits per heavy atom. The molecule has 1 unspecified atom stereocenters. The molecule has 0 bridgehead atoms. The van der Waals surface area contributed by atoms with Crippen LogP contribution < -0.4 is 11.3 Å². The largest absolute Gasteiger partial charge is 0.271 e. The fraction of sp³-hybridized carbons (Fsp3) is 0.667. The fourth-order valence-electron chi connectivity index (χ4n) is 2.49. The van der Waals surface area contributed by atoms with E-state index in [0.717, 1.165) is 18.2 Å². The number of hydrazine groups is 1. The number of nitrogens with two attached hydrogens (primary N) is 1. The first kappa shape index (κ1) is 11.5. The minimum absolute atomic E-state index is 0.101. The van der Waals surface area contributed by atoms with Gasteiger partial charge >= 0.3 is 0 Å². The van der Waals surface area contributed by atoms with E-state index in [1.165, 1.54) is 32.1 Å². The number of nitrogens with zero attached hydrogens (tertiary/aromatic N) is 2. The average Bonchev–Trinajstić information content (AvgIpc) is 2.38. The molecule has 1 aromatic heterocycles. The number of hydrogen-bond donors (Lipinski definition) is 2. The molecule has 1 aliphatic rings. The van der Waals surface area contributed by atoms with E-state index < -0.39 is 0 Å². The van der Waals surface area contributed by atoms with Crippen molar-refractivity contribution in [2.45, 2.75) is 44.6 Å². The molecular weight excluding hydrogens is 200 g/mol. The summed E-state index contributed by atoms with van der Waals surface area (Å²) < 4.78 is 0. The van der Waals surface area contributed by atoms with Gasteiger partial charge in [-0.25, -0.2) is 15.4 Å². The smallest absolute Gasteiger partial charge is 0.146 e. The number of nitrogens with one attached hydrogen (secondary N) is 1. The predicted octanol–water partition coefficient (Wildman–Crippen LogP) is 1.95. The second-order valence-electron chi connectivity index (χ2n) is 4.57. The Kier molecular flexibility index (Phi) is 4.25. The summed E-state index contributed by atoms with van der Waals surface area (Å²) in [6.07, 6.45) is 11.4. The van der Waals surface area contributed by atoms with Gasteiger partial charge in [0, 0.05) is 12.4 Å². The van der Waals surface area contributed by atoms with Gasteiger partial charge in [-0.2, -0.15) is 0 Å². The summed E-state index contributed by atoms with van der Waals surface area (Å²) in [4.78, 5) is 8.52. The zero-order chi connectivity index (χ0) is 11.2. The number of rotatable bonds is 4. The van der Waals surface area contributed by atoms with Gasteiger partial charge in [0.05, 0.1) is 6.04 Å². The van der Waals surface area contributed by atoms with Crippen LogP contribution in [0.25, 0.3) is 0 Å². The van der Waals surface area contributed by atoms with Gasteiger partial charge in [0.15, 0.2) is 0 Å². The quantitative estimate of drug-likeness (QED) is 0.601. The van der Waals surface area contributed by atoms with E-state index in [-0.39, 0.29) is 6.04 Å². The van der Waals surface area contributed by atoms with Crippen LogP contribution in [0, 0.1) is 5.92 Å². The summed E-state index contributed by atoms with van der Waals surface area (Å²) in [5.41, 5.74) is 2.84. The average molecular weight is 220 g/mol. The first-order valence-corrected chi connectivity index (χ1v) is 6.13. The van der Waals surface area contributed by atoms with Crippen molar-refractivity contribution in [3.8, 4) is 0 Å². The Morgan fingerprint density at radius 3 is 2.56 bits per heavy atom. The summed E-state index contributed by atoms with van der Waals surface area (Å²) in [6, 6.07) is 1.93. The topological polar surface area (TPSA) is 63.8 Å². The van der Waals surface area contributed by atoms with Gasteiger partial charge in [-0.15, -0.1) is 0 Å². The van der Waals surface area contributed by atoms with Gasteiger partial charge in [-0.3, -0.25) is 5.84 Å². The van der Waals surface area contributed by atoms with Gasteiger partial charge in [0.25, 0.3) is 0 Å². The highest BCUT2D eigenvalue weighted by Crippen LogP contribution is 2.30. The minimum Gasteiger partial charge on any atom is -0.271 e. The molecule has 1 aliphatic carbocycles. The van der Waals surface area contributed by atoms with Crippen LogP contribution in [-0.2, 0) is 0 Å². The molecule has 1 aromatic rings. The van der Waals surface area contributed by atoms with Gasteiger partial charge in [0.1, 0.15) is 5.82 Å². The second-order valence-corrected chi connectivity index (χ2v) is 4.57. The van der Waals surface area contributed by atoms with Crippen LogP contribution in [-0.4, -0.2) is 9.97 Å². The third-order valence-corrected chi connectivity index (χ3v) is 3.39. The normalized spacial score (nSPS) is 19.6. The number of aromatic nitrogens is 2. The maximum atomic E-state index is 5.59. The van der Waals surface area contributed by atoms with Crippen molar-refractivity contribution in [1.29, 1.82) is 0 Å². The maximum absolute atomic E-state index is 5.59. The molecule has 4 heteroatoms. The monoisotopic (exact) mass is 220 g/mol. The van der Waals surface area contributed by atoms with Gasteiger partial charge < -0.3 is 0 Å². The molecule has 0 amide bonds. The van der Waals surface area contributed by atoms with E-state index in [9.17, 15) is 0 Å². The highest BCUT2D eigenvalue weighted by atomic mass is 15.2. The predicted molar refractivity (Wildman–Crippen MR) is 63.3 cm³/mol. The fourth-order valence-corrected chi connectivity index (χ4v) is 2.49. The standard InChI is InChI=1S/C12H20N4/c13-16-11(12-14-7-4-8-15-12)9-10-5-2-1-3-6-10/h4,7-8,10-11,16H,1-3,5-6,9,13H2. The summed E-state index contributed by atoms with van der Waals surface area (Å²) in [7, 11) is 0. The van der Waals surface area contributed by atoms with Crippen LogP contribution in [0.4, 0.5) is 0 Å². The third kappa shape index (κ3) is 3.00. The van der Waals surface area contributed by atoms with E-state index in [2.05, 4.69) is 15.4 Å². The molecule has 0 spiro atoms. The van der Waals surface area contributed by atoms with Crippen molar-refractivity contribution in [3.63, 3.8) is 0 Å². The van der Waals surface area contributed by atoms with E-state index in [1.807, 2.05) is 6.07 Å². The molecule has 1 fully saturated rings. The van der Waals surface area contributed by atoms with Crippen molar-refractivity contribution in [3.05, 3.63) is 24.3 Å². The second kappa shape index (κ2) is 5.92. The highest BCUT2D eigenvalue weighted by Gasteiger charge is 2.20. The van der Waals surface area contributed by atoms with Crippen LogP contribution in [0.15, 0.2) is 18.5 Å². The first-order chi connectivity index (χ1) is 7.90. The summed E-state index contributed by atoms with van der Waals surface area (Å²) in [5.74, 6) is 7.18. The lowest BCUT2D eigenvalue weighted by Gasteiger charge is -2.25.